The van der Waals surface area contributed by atoms with Gasteiger partial charge in [-0.2, -0.15) is 0 Å². The van der Waals surface area contributed by atoms with Crippen molar-refractivity contribution in [3.8, 4) is 5.75 Å². The second-order valence-corrected chi connectivity index (χ2v) is 4.49. The SMILES string of the molecule is COc1ccc(CCCCC(C)C)cc1. The molecule has 1 heteroatoms. The van der Waals surface area contributed by atoms with E-state index >= 15 is 0 Å². The minimum Gasteiger partial charge on any atom is -0.497 e. The van der Waals surface area contributed by atoms with Crippen LogP contribution in [0.1, 0.15) is 38.7 Å². The third-order valence-electron chi connectivity index (χ3n) is 2.66. The first-order chi connectivity index (χ1) is 7.22. The highest BCUT2D eigenvalue weighted by atomic mass is 16.5. The van der Waals surface area contributed by atoms with Gasteiger partial charge in [-0.25, -0.2) is 0 Å². The van der Waals surface area contributed by atoms with Crippen LogP contribution in [0.15, 0.2) is 24.3 Å². The van der Waals surface area contributed by atoms with E-state index in [1.165, 1.54) is 31.2 Å². The van der Waals surface area contributed by atoms with E-state index in [0.29, 0.717) is 0 Å². The topological polar surface area (TPSA) is 9.23 Å². The van der Waals surface area contributed by atoms with Crippen LogP contribution >= 0.6 is 0 Å². The van der Waals surface area contributed by atoms with E-state index in [0.717, 1.165) is 11.7 Å². The van der Waals surface area contributed by atoms with Crippen molar-refractivity contribution in [3.05, 3.63) is 29.8 Å². The van der Waals surface area contributed by atoms with Gasteiger partial charge in [0.15, 0.2) is 0 Å². The van der Waals surface area contributed by atoms with Gasteiger partial charge in [0.2, 0.25) is 0 Å². The van der Waals surface area contributed by atoms with Gasteiger partial charge in [0.1, 0.15) is 5.75 Å². The molecule has 0 heterocycles. The molecule has 0 unspecified atom stereocenters. The highest BCUT2D eigenvalue weighted by Crippen LogP contribution is 2.14. The molecule has 0 aliphatic carbocycles. The average molecular weight is 206 g/mol. The van der Waals surface area contributed by atoms with Crippen LogP contribution in [0.3, 0.4) is 0 Å². The number of hydrogen-bond donors (Lipinski definition) is 0. The first-order valence-corrected chi connectivity index (χ1v) is 5.85. The van der Waals surface area contributed by atoms with Gasteiger partial charge < -0.3 is 4.74 Å². The van der Waals surface area contributed by atoms with E-state index in [-0.39, 0.29) is 0 Å². The number of unbranched alkanes of at least 4 members (excludes halogenated alkanes) is 1. The molecule has 0 saturated carbocycles. The van der Waals surface area contributed by atoms with E-state index < -0.39 is 0 Å². The van der Waals surface area contributed by atoms with E-state index in [1.54, 1.807) is 7.11 Å². The average Bonchev–Trinajstić information content (AvgIpc) is 2.25. The Bertz CT molecular complexity index is 261. The first-order valence-electron chi connectivity index (χ1n) is 5.85. The monoisotopic (exact) mass is 206 g/mol. The second-order valence-electron chi connectivity index (χ2n) is 4.49. The molecule has 84 valence electrons. The zero-order chi connectivity index (χ0) is 11.1. The molecule has 0 spiro atoms. The number of ether oxygens (including phenoxy) is 1. The Morgan fingerprint density at radius 3 is 2.27 bits per heavy atom. The highest BCUT2D eigenvalue weighted by molar-refractivity contribution is 5.27. The Balaban J connectivity index is 2.25. The third-order valence-corrected chi connectivity index (χ3v) is 2.66. The molecule has 1 aromatic carbocycles. The molecule has 15 heavy (non-hydrogen) atoms. The number of benzene rings is 1. The highest BCUT2D eigenvalue weighted by Gasteiger charge is 1.97. The predicted octanol–water partition coefficient (Wildman–Crippen LogP) is 4.06. The van der Waals surface area contributed by atoms with Gasteiger partial charge in [-0.05, 0) is 36.5 Å². The fourth-order valence-corrected chi connectivity index (χ4v) is 1.67. The lowest BCUT2D eigenvalue weighted by Gasteiger charge is -2.05. The lowest BCUT2D eigenvalue weighted by Crippen LogP contribution is -1.90. The maximum absolute atomic E-state index is 5.13. The largest absolute Gasteiger partial charge is 0.497 e. The van der Waals surface area contributed by atoms with Crippen LogP contribution in [0.5, 0.6) is 5.75 Å². The number of rotatable bonds is 6. The molecule has 0 amide bonds. The summed E-state index contributed by atoms with van der Waals surface area (Å²) >= 11 is 0. The third kappa shape index (κ3) is 4.87. The Kier molecular flexibility index (Phi) is 5.23. The standard InChI is InChI=1S/C14H22O/c1-12(2)6-4-5-7-13-8-10-14(15-3)11-9-13/h8-12H,4-7H2,1-3H3. The zero-order valence-corrected chi connectivity index (χ0v) is 10.1. The van der Waals surface area contributed by atoms with Gasteiger partial charge in [0, 0.05) is 0 Å². The summed E-state index contributed by atoms with van der Waals surface area (Å²) in [7, 11) is 1.71. The van der Waals surface area contributed by atoms with Crippen molar-refractivity contribution in [1.82, 2.24) is 0 Å². The molecule has 0 saturated heterocycles. The zero-order valence-electron chi connectivity index (χ0n) is 10.1. The summed E-state index contributed by atoms with van der Waals surface area (Å²) in [5.74, 6) is 1.78. The molecule has 1 aromatic rings. The smallest absolute Gasteiger partial charge is 0.118 e. The van der Waals surface area contributed by atoms with E-state index in [2.05, 4.69) is 26.0 Å². The number of hydrogen-bond acceptors (Lipinski definition) is 1. The molecule has 0 bridgehead atoms. The van der Waals surface area contributed by atoms with Crippen molar-refractivity contribution in [2.45, 2.75) is 39.5 Å². The summed E-state index contributed by atoms with van der Waals surface area (Å²) in [4.78, 5) is 0. The Hall–Kier alpha value is -0.980. The minimum atomic E-state index is 0.834. The predicted molar refractivity (Wildman–Crippen MR) is 65.4 cm³/mol. The van der Waals surface area contributed by atoms with Gasteiger partial charge in [0.25, 0.3) is 0 Å². The molecule has 0 aliphatic heterocycles. The van der Waals surface area contributed by atoms with Gasteiger partial charge in [-0.1, -0.05) is 38.8 Å². The molecular formula is C14H22O. The van der Waals surface area contributed by atoms with E-state index in [9.17, 15) is 0 Å². The molecular weight excluding hydrogens is 184 g/mol. The molecule has 0 aliphatic rings. The van der Waals surface area contributed by atoms with E-state index in [1.807, 2.05) is 12.1 Å². The van der Waals surface area contributed by atoms with Gasteiger partial charge in [-0.15, -0.1) is 0 Å². The van der Waals surface area contributed by atoms with Crippen molar-refractivity contribution in [2.75, 3.05) is 7.11 Å². The van der Waals surface area contributed by atoms with Crippen molar-refractivity contribution in [2.24, 2.45) is 5.92 Å². The van der Waals surface area contributed by atoms with Crippen LogP contribution in [0, 0.1) is 5.92 Å². The van der Waals surface area contributed by atoms with Crippen molar-refractivity contribution < 1.29 is 4.74 Å². The molecule has 0 fully saturated rings. The fraction of sp³-hybridized carbons (Fsp3) is 0.571. The molecule has 1 nitrogen and oxygen atoms in total. The number of methoxy groups -OCH3 is 1. The summed E-state index contributed by atoms with van der Waals surface area (Å²) in [6.07, 6.45) is 5.17. The van der Waals surface area contributed by atoms with Crippen molar-refractivity contribution in [3.63, 3.8) is 0 Å². The molecule has 1 rings (SSSR count). The molecule has 0 aromatic heterocycles. The van der Waals surface area contributed by atoms with Crippen molar-refractivity contribution >= 4 is 0 Å². The van der Waals surface area contributed by atoms with Gasteiger partial charge >= 0.3 is 0 Å². The Morgan fingerprint density at radius 1 is 1.07 bits per heavy atom. The molecule has 0 radical (unpaired) electrons. The van der Waals surface area contributed by atoms with Gasteiger partial charge in [0.05, 0.1) is 7.11 Å². The first kappa shape index (κ1) is 12.1. The van der Waals surface area contributed by atoms with Crippen LogP contribution in [0.25, 0.3) is 0 Å². The van der Waals surface area contributed by atoms with Gasteiger partial charge in [-0.3, -0.25) is 0 Å². The van der Waals surface area contributed by atoms with E-state index in [4.69, 9.17) is 4.74 Å². The summed E-state index contributed by atoms with van der Waals surface area (Å²) in [6, 6.07) is 8.40. The quantitative estimate of drug-likeness (QED) is 0.638. The van der Waals surface area contributed by atoms with Crippen LogP contribution in [0.4, 0.5) is 0 Å². The Labute approximate surface area is 93.5 Å². The minimum absolute atomic E-state index is 0.834. The summed E-state index contributed by atoms with van der Waals surface area (Å²) in [6.45, 7) is 4.57. The van der Waals surface area contributed by atoms with Crippen molar-refractivity contribution in [1.29, 1.82) is 0 Å². The maximum atomic E-state index is 5.13. The number of aryl methyl sites for hydroxylation is 1. The normalized spacial score (nSPS) is 10.7. The lowest BCUT2D eigenvalue weighted by molar-refractivity contribution is 0.414. The summed E-state index contributed by atoms with van der Waals surface area (Å²) in [5.41, 5.74) is 1.42. The van der Waals surface area contributed by atoms with Crippen LogP contribution in [-0.4, -0.2) is 7.11 Å². The fourth-order valence-electron chi connectivity index (χ4n) is 1.67. The van der Waals surface area contributed by atoms with Crippen LogP contribution in [-0.2, 0) is 6.42 Å². The summed E-state index contributed by atoms with van der Waals surface area (Å²) in [5, 5.41) is 0. The second kappa shape index (κ2) is 6.49. The van der Waals surface area contributed by atoms with Crippen LogP contribution < -0.4 is 4.74 Å². The molecule has 0 atom stereocenters. The lowest BCUT2D eigenvalue weighted by atomic mass is 10.0. The summed E-state index contributed by atoms with van der Waals surface area (Å²) < 4.78 is 5.13. The Morgan fingerprint density at radius 2 is 1.73 bits per heavy atom. The molecule has 0 N–H and O–H groups in total. The van der Waals surface area contributed by atoms with Crippen LogP contribution in [0.2, 0.25) is 0 Å². The maximum Gasteiger partial charge on any atom is 0.118 e.